The molecule has 0 atom stereocenters. The summed E-state index contributed by atoms with van der Waals surface area (Å²) in [6, 6.07) is 7.73. The molecule has 2 aliphatic heterocycles. The molecule has 4 rings (SSSR count). The summed E-state index contributed by atoms with van der Waals surface area (Å²) in [6.07, 6.45) is 1.35. The van der Waals surface area contributed by atoms with Gasteiger partial charge in [-0.3, -0.25) is 14.5 Å². The van der Waals surface area contributed by atoms with E-state index in [1.807, 2.05) is 31.2 Å². The maximum atomic E-state index is 13.5. The molecule has 2 aromatic rings. The molecule has 0 bridgehead atoms. The highest BCUT2D eigenvalue weighted by atomic mass is 32.2. The van der Waals surface area contributed by atoms with Crippen LogP contribution in [0.25, 0.3) is 17.0 Å². The molecule has 0 unspecified atom stereocenters. The SMILES string of the molecule is CCOC(=O)N1CCN(c2c(C=C3SC(=S)N(CC)C3=O)c(=O)n(C)c3ccccc23)CC1. The lowest BCUT2D eigenvalue weighted by Gasteiger charge is -2.36. The van der Waals surface area contributed by atoms with Crippen LogP contribution in [-0.2, 0) is 16.6 Å². The number of hydrogen-bond donors (Lipinski definition) is 0. The molecule has 0 N–H and O–H groups in total. The molecule has 3 heterocycles. The molecule has 0 aliphatic carbocycles. The van der Waals surface area contributed by atoms with Gasteiger partial charge in [-0.15, -0.1) is 0 Å². The molecule has 33 heavy (non-hydrogen) atoms. The predicted molar refractivity (Wildman–Crippen MR) is 136 cm³/mol. The average molecular weight is 487 g/mol. The summed E-state index contributed by atoms with van der Waals surface area (Å²) in [5.74, 6) is -0.180. The molecular formula is C23H26N4O4S2. The van der Waals surface area contributed by atoms with Crippen LogP contribution >= 0.6 is 24.0 Å². The Morgan fingerprint density at radius 1 is 1.15 bits per heavy atom. The highest BCUT2D eigenvalue weighted by Crippen LogP contribution is 2.36. The first-order valence-electron chi connectivity index (χ1n) is 10.9. The van der Waals surface area contributed by atoms with E-state index in [1.54, 1.807) is 29.5 Å². The van der Waals surface area contributed by atoms with Crippen molar-refractivity contribution in [3.63, 3.8) is 0 Å². The van der Waals surface area contributed by atoms with Crippen molar-refractivity contribution >= 4 is 63.0 Å². The van der Waals surface area contributed by atoms with Crippen LogP contribution in [0.5, 0.6) is 0 Å². The van der Waals surface area contributed by atoms with Crippen molar-refractivity contribution in [2.24, 2.45) is 7.05 Å². The Balaban J connectivity index is 1.81. The number of fused-ring (bicyclic) bond motifs is 1. The van der Waals surface area contributed by atoms with Gasteiger partial charge in [0.15, 0.2) is 0 Å². The number of carbonyl (C=O) groups is 2. The average Bonchev–Trinajstić information content (AvgIpc) is 3.09. The van der Waals surface area contributed by atoms with E-state index >= 15 is 0 Å². The van der Waals surface area contributed by atoms with Gasteiger partial charge in [-0.1, -0.05) is 42.2 Å². The van der Waals surface area contributed by atoms with Gasteiger partial charge in [0.2, 0.25) is 0 Å². The molecule has 174 valence electrons. The van der Waals surface area contributed by atoms with Gasteiger partial charge in [0.05, 0.1) is 28.3 Å². The maximum Gasteiger partial charge on any atom is 0.409 e. The lowest BCUT2D eigenvalue weighted by atomic mass is 10.1. The van der Waals surface area contributed by atoms with E-state index in [0.717, 1.165) is 16.6 Å². The Hall–Kier alpha value is -2.85. The fourth-order valence-electron chi connectivity index (χ4n) is 4.20. The molecule has 0 radical (unpaired) electrons. The summed E-state index contributed by atoms with van der Waals surface area (Å²) < 4.78 is 7.24. The number of para-hydroxylation sites is 1. The van der Waals surface area contributed by atoms with E-state index in [2.05, 4.69) is 4.90 Å². The van der Waals surface area contributed by atoms with Crippen LogP contribution < -0.4 is 10.5 Å². The Bertz CT molecular complexity index is 1210. The van der Waals surface area contributed by atoms with Crippen LogP contribution in [0.3, 0.4) is 0 Å². The third-order valence-corrected chi connectivity index (χ3v) is 7.28. The van der Waals surface area contributed by atoms with E-state index in [4.69, 9.17) is 17.0 Å². The number of benzene rings is 1. The van der Waals surface area contributed by atoms with Gasteiger partial charge < -0.3 is 19.1 Å². The van der Waals surface area contributed by atoms with E-state index in [0.29, 0.717) is 54.1 Å². The second-order valence-corrected chi connectivity index (χ2v) is 9.42. The van der Waals surface area contributed by atoms with Gasteiger partial charge in [-0.05, 0) is 26.0 Å². The van der Waals surface area contributed by atoms with Gasteiger partial charge in [-0.2, -0.15) is 0 Å². The molecule has 0 saturated carbocycles. The van der Waals surface area contributed by atoms with Gasteiger partial charge >= 0.3 is 6.09 Å². The first-order chi connectivity index (χ1) is 15.9. The van der Waals surface area contributed by atoms with Crippen molar-refractivity contribution in [2.75, 3.05) is 44.2 Å². The number of amides is 2. The molecule has 1 aromatic carbocycles. The fourth-order valence-corrected chi connectivity index (χ4v) is 5.57. The van der Waals surface area contributed by atoms with Gasteiger partial charge in [0.1, 0.15) is 4.32 Å². The monoisotopic (exact) mass is 486 g/mol. The number of rotatable bonds is 4. The third kappa shape index (κ3) is 4.24. The number of aryl methyl sites for hydroxylation is 1. The zero-order valence-electron chi connectivity index (χ0n) is 18.9. The van der Waals surface area contributed by atoms with Crippen LogP contribution in [0.1, 0.15) is 19.4 Å². The third-order valence-electron chi connectivity index (χ3n) is 5.90. The Labute approximate surface area is 201 Å². The zero-order valence-corrected chi connectivity index (χ0v) is 20.5. The normalized spacial score (nSPS) is 18.0. The number of ether oxygens (including phenoxy) is 1. The van der Waals surface area contributed by atoms with Crippen molar-refractivity contribution in [1.29, 1.82) is 0 Å². The Morgan fingerprint density at radius 2 is 1.85 bits per heavy atom. The summed E-state index contributed by atoms with van der Waals surface area (Å²) in [5, 5.41) is 0.918. The Kier molecular flexibility index (Phi) is 6.76. The number of pyridine rings is 1. The standard InChI is InChI=1S/C23H26N4O4S2/c1-4-27-21(29)18(33-23(27)32)14-16-19(15-8-6-7-9-17(15)24(3)20(16)28)25-10-12-26(13-11-25)22(30)31-5-2/h6-9,14H,4-5,10-13H2,1-3H3. The largest absolute Gasteiger partial charge is 0.450 e. The molecule has 2 amide bonds. The minimum atomic E-state index is -0.325. The molecule has 1 aromatic heterocycles. The highest BCUT2D eigenvalue weighted by molar-refractivity contribution is 8.26. The molecule has 2 aliphatic rings. The summed E-state index contributed by atoms with van der Waals surface area (Å²) >= 11 is 6.57. The number of nitrogens with zero attached hydrogens (tertiary/aromatic N) is 4. The number of thiocarbonyl (C=S) groups is 1. The van der Waals surface area contributed by atoms with Gasteiger partial charge in [-0.25, -0.2) is 4.79 Å². The number of aromatic nitrogens is 1. The minimum absolute atomic E-state index is 0.180. The predicted octanol–water partition coefficient (Wildman–Crippen LogP) is 3.04. The quantitative estimate of drug-likeness (QED) is 0.486. The molecule has 2 fully saturated rings. The smallest absolute Gasteiger partial charge is 0.409 e. The minimum Gasteiger partial charge on any atom is -0.450 e. The Morgan fingerprint density at radius 3 is 2.48 bits per heavy atom. The topological polar surface area (TPSA) is 75.1 Å². The van der Waals surface area contributed by atoms with Crippen molar-refractivity contribution in [3.8, 4) is 0 Å². The van der Waals surface area contributed by atoms with Crippen LogP contribution in [-0.4, -0.2) is 70.0 Å². The number of carbonyl (C=O) groups excluding carboxylic acids is 2. The molecular weight excluding hydrogens is 460 g/mol. The van der Waals surface area contributed by atoms with Crippen molar-refractivity contribution in [2.45, 2.75) is 13.8 Å². The fraction of sp³-hybridized carbons (Fsp3) is 0.391. The van der Waals surface area contributed by atoms with Crippen LogP contribution in [0.2, 0.25) is 0 Å². The second-order valence-electron chi connectivity index (χ2n) is 7.74. The molecule has 10 heteroatoms. The molecule has 8 nitrogen and oxygen atoms in total. The van der Waals surface area contributed by atoms with Crippen LogP contribution in [0.4, 0.5) is 10.5 Å². The first kappa shape index (κ1) is 23.3. The number of anilines is 1. The van der Waals surface area contributed by atoms with E-state index < -0.39 is 0 Å². The summed E-state index contributed by atoms with van der Waals surface area (Å²) in [6.45, 7) is 6.54. The van der Waals surface area contributed by atoms with Crippen molar-refractivity contribution in [3.05, 3.63) is 45.1 Å². The van der Waals surface area contributed by atoms with Gasteiger partial charge in [0, 0.05) is 45.2 Å². The van der Waals surface area contributed by atoms with Crippen LogP contribution in [0.15, 0.2) is 34.0 Å². The summed E-state index contributed by atoms with van der Waals surface area (Å²) in [5.41, 5.74) is 1.86. The first-order valence-corrected chi connectivity index (χ1v) is 12.1. The lowest BCUT2D eigenvalue weighted by Crippen LogP contribution is -2.49. The van der Waals surface area contributed by atoms with Crippen molar-refractivity contribution < 1.29 is 14.3 Å². The second kappa shape index (κ2) is 9.56. The molecule has 0 spiro atoms. The van der Waals surface area contributed by atoms with E-state index in [1.165, 1.54) is 16.7 Å². The molecule has 2 saturated heterocycles. The van der Waals surface area contributed by atoms with Crippen molar-refractivity contribution in [1.82, 2.24) is 14.4 Å². The van der Waals surface area contributed by atoms with E-state index in [-0.39, 0.29) is 17.6 Å². The number of likely N-dealkylation sites (N-methyl/N-ethyl adjacent to an activating group) is 1. The van der Waals surface area contributed by atoms with E-state index in [9.17, 15) is 14.4 Å². The summed E-state index contributed by atoms with van der Waals surface area (Å²) in [4.78, 5) is 44.2. The maximum absolute atomic E-state index is 13.5. The van der Waals surface area contributed by atoms with Crippen LogP contribution in [0, 0.1) is 0 Å². The number of hydrogen-bond acceptors (Lipinski definition) is 7. The number of piperazine rings is 1. The summed E-state index contributed by atoms with van der Waals surface area (Å²) in [7, 11) is 1.74. The lowest BCUT2D eigenvalue weighted by molar-refractivity contribution is -0.121. The zero-order chi connectivity index (χ0) is 23.7. The highest BCUT2D eigenvalue weighted by Gasteiger charge is 2.32. The number of thioether (sulfide) groups is 1. The van der Waals surface area contributed by atoms with Gasteiger partial charge in [0.25, 0.3) is 11.5 Å².